The lowest BCUT2D eigenvalue weighted by molar-refractivity contribution is 1.23. The maximum Gasteiger partial charge on any atom is 0.158 e. The topological polar surface area (TPSA) is 50.4 Å². The highest BCUT2D eigenvalue weighted by Crippen LogP contribution is 2.22. The van der Waals surface area contributed by atoms with E-state index in [0.29, 0.717) is 10.9 Å². The van der Waals surface area contributed by atoms with E-state index in [1.165, 1.54) is 0 Å². The van der Waals surface area contributed by atoms with Crippen LogP contribution in [0.15, 0.2) is 53.6 Å². The largest absolute Gasteiger partial charge is 0.337 e. The molecule has 0 bridgehead atoms. The quantitative estimate of drug-likeness (QED) is 0.278. The van der Waals surface area contributed by atoms with Crippen molar-refractivity contribution in [2.45, 2.75) is 0 Å². The number of halogens is 2. The van der Waals surface area contributed by atoms with E-state index in [2.05, 4.69) is 33.0 Å². The van der Waals surface area contributed by atoms with Gasteiger partial charge < -0.3 is 11.2 Å². The summed E-state index contributed by atoms with van der Waals surface area (Å²) in [6.45, 7) is 0. The van der Waals surface area contributed by atoms with E-state index in [1.54, 1.807) is 0 Å². The lowest BCUT2D eigenvalue weighted by Gasteiger charge is -2.11. The van der Waals surface area contributed by atoms with Crippen molar-refractivity contribution >= 4 is 45.7 Å². The summed E-state index contributed by atoms with van der Waals surface area (Å²) in [5.74, 6) is 6.04. The predicted molar refractivity (Wildman–Crippen MR) is 85.0 cm³/mol. The van der Waals surface area contributed by atoms with Gasteiger partial charge in [-0.2, -0.15) is 5.10 Å². The monoisotopic (exact) mass is 371 g/mol. The van der Waals surface area contributed by atoms with Crippen LogP contribution >= 0.6 is 34.2 Å². The molecule has 2 aromatic carbocycles. The minimum absolute atomic E-state index is 0.591. The maximum atomic E-state index is 6.09. The van der Waals surface area contributed by atoms with Crippen molar-refractivity contribution in [1.82, 2.24) is 0 Å². The number of para-hydroxylation sites is 1. The van der Waals surface area contributed by atoms with Crippen molar-refractivity contribution < 1.29 is 0 Å². The Hall–Kier alpha value is -1.27. The Morgan fingerprint density at radius 1 is 1.11 bits per heavy atom. The summed E-state index contributed by atoms with van der Waals surface area (Å²) in [7, 11) is 0. The van der Waals surface area contributed by atoms with Crippen LogP contribution in [0.25, 0.3) is 0 Å². The fourth-order valence-electron chi connectivity index (χ4n) is 1.51. The molecule has 0 saturated heterocycles. The predicted octanol–water partition coefficient (Wildman–Crippen LogP) is 3.68. The van der Waals surface area contributed by atoms with Gasteiger partial charge >= 0.3 is 0 Å². The number of hydrazone groups is 1. The van der Waals surface area contributed by atoms with E-state index in [0.717, 1.165) is 14.8 Å². The number of rotatable bonds is 2. The number of benzene rings is 2. The third-order valence-electron chi connectivity index (χ3n) is 2.39. The maximum absolute atomic E-state index is 6.09. The lowest BCUT2D eigenvalue weighted by Crippen LogP contribution is -2.17. The molecule has 0 radical (unpaired) electrons. The third kappa shape index (κ3) is 2.94. The van der Waals surface area contributed by atoms with Crippen LogP contribution in [0.5, 0.6) is 0 Å². The average Bonchev–Trinajstić information content (AvgIpc) is 2.39. The van der Waals surface area contributed by atoms with Crippen molar-refractivity contribution in [3.05, 3.63) is 62.7 Å². The SMILES string of the molecule is N/N=C(\Nc1ccccc1Cl)c1ccccc1I. The molecule has 92 valence electrons. The van der Waals surface area contributed by atoms with Gasteiger partial charge in [0.2, 0.25) is 0 Å². The molecule has 3 N–H and O–H groups in total. The summed E-state index contributed by atoms with van der Waals surface area (Å²) < 4.78 is 1.07. The van der Waals surface area contributed by atoms with E-state index in [-0.39, 0.29) is 0 Å². The number of nitrogens with one attached hydrogen (secondary N) is 1. The van der Waals surface area contributed by atoms with Crippen molar-refractivity contribution in [2.75, 3.05) is 5.32 Å². The van der Waals surface area contributed by atoms with Gasteiger partial charge in [-0.25, -0.2) is 0 Å². The van der Waals surface area contributed by atoms with Gasteiger partial charge in [0.05, 0.1) is 10.7 Å². The van der Waals surface area contributed by atoms with Gasteiger partial charge in [-0.05, 0) is 40.8 Å². The van der Waals surface area contributed by atoms with E-state index in [4.69, 9.17) is 17.4 Å². The third-order valence-corrected chi connectivity index (χ3v) is 3.66. The van der Waals surface area contributed by atoms with Crippen molar-refractivity contribution in [2.24, 2.45) is 10.9 Å². The van der Waals surface area contributed by atoms with Crippen LogP contribution in [0.4, 0.5) is 5.69 Å². The normalized spacial score (nSPS) is 11.3. The van der Waals surface area contributed by atoms with Crippen LogP contribution in [-0.2, 0) is 0 Å². The number of hydrogen-bond acceptors (Lipinski definition) is 2. The van der Waals surface area contributed by atoms with E-state index >= 15 is 0 Å². The standard InChI is InChI=1S/C13H11ClIN3/c14-10-6-2-4-8-12(10)17-13(18-16)9-5-1-3-7-11(9)15/h1-8H,16H2,(H,17,18). The minimum atomic E-state index is 0.591. The first-order valence-electron chi connectivity index (χ1n) is 5.26. The second-order valence-electron chi connectivity index (χ2n) is 3.56. The first-order valence-corrected chi connectivity index (χ1v) is 6.72. The second kappa shape index (κ2) is 6.06. The van der Waals surface area contributed by atoms with Crippen LogP contribution < -0.4 is 11.2 Å². The van der Waals surface area contributed by atoms with Crippen molar-refractivity contribution in [3.8, 4) is 0 Å². The first kappa shape index (κ1) is 13.2. The van der Waals surface area contributed by atoms with Gasteiger partial charge in [0.15, 0.2) is 5.84 Å². The number of nitrogens with zero attached hydrogens (tertiary/aromatic N) is 1. The first-order chi connectivity index (χ1) is 8.72. The Labute approximate surface area is 124 Å². The second-order valence-corrected chi connectivity index (χ2v) is 5.13. The van der Waals surface area contributed by atoms with E-state index in [9.17, 15) is 0 Å². The number of hydrogen-bond donors (Lipinski definition) is 2. The van der Waals surface area contributed by atoms with Crippen molar-refractivity contribution in [3.63, 3.8) is 0 Å². The van der Waals surface area contributed by atoms with Gasteiger partial charge in [-0.1, -0.05) is 41.9 Å². The van der Waals surface area contributed by atoms with Crippen LogP contribution in [-0.4, -0.2) is 5.84 Å². The van der Waals surface area contributed by atoms with Crippen LogP contribution in [0.3, 0.4) is 0 Å². The zero-order chi connectivity index (χ0) is 13.0. The summed E-state index contributed by atoms with van der Waals surface area (Å²) in [5, 5.41) is 7.57. The minimum Gasteiger partial charge on any atom is -0.337 e. The molecular formula is C13H11ClIN3. The lowest BCUT2D eigenvalue weighted by atomic mass is 10.2. The van der Waals surface area contributed by atoms with Gasteiger partial charge in [-0.3, -0.25) is 0 Å². The van der Waals surface area contributed by atoms with Crippen LogP contribution in [0.2, 0.25) is 5.02 Å². The number of nitrogens with two attached hydrogens (primary N) is 1. The Morgan fingerprint density at radius 2 is 1.78 bits per heavy atom. The molecule has 0 aliphatic carbocycles. The Bertz CT molecular complexity index is 584. The number of anilines is 1. The molecular weight excluding hydrogens is 361 g/mol. The summed E-state index contributed by atoms with van der Waals surface area (Å²) in [6, 6.07) is 15.3. The highest BCUT2D eigenvalue weighted by Gasteiger charge is 2.09. The summed E-state index contributed by atoms with van der Waals surface area (Å²) >= 11 is 8.33. The van der Waals surface area contributed by atoms with Gasteiger partial charge in [-0.15, -0.1) is 0 Å². The smallest absolute Gasteiger partial charge is 0.158 e. The Kier molecular flexibility index (Phi) is 4.43. The molecule has 0 aliphatic rings. The highest BCUT2D eigenvalue weighted by atomic mass is 127. The van der Waals surface area contributed by atoms with E-state index < -0.39 is 0 Å². The molecule has 0 saturated carbocycles. The van der Waals surface area contributed by atoms with Gasteiger partial charge in [0.25, 0.3) is 0 Å². The summed E-state index contributed by atoms with van der Waals surface area (Å²) in [5.41, 5.74) is 1.73. The van der Waals surface area contributed by atoms with Crippen LogP contribution in [0.1, 0.15) is 5.56 Å². The Balaban J connectivity index is 2.33. The molecule has 18 heavy (non-hydrogen) atoms. The fraction of sp³-hybridized carbons (Fsp3) is 0. The summed E-state index contributed by atoms with van der Waals surface area (Å²) in [4.78, 5) is 0. The van der Waals surface area contributed by atoms with Gasteiger partial charge in [0.1, 0.15) is 0 Å². The van der Waals surface area contributed by atoms with E-state index in [1.807, 2.05) is 48.5 Å². The average molecular weight is 372 g/mol. The molecule has 5 heteroatoms. The van der Waals surface area contributed by atoms with Crippen molar-refractivity contribution in [1.29, 1.82) is 0 Å². The zero-order valence-electron chi connectivity index (χ0n) is 9.40. The summed E-state index contributed by atoms with van der Waals surface area (Å²) in [6.07, 6.45) is 0. The molecule has 0 atom stereocenters. The molecule has 0 aliphatic heterocycles. The Morgan fingerprint density at radius 3 is 2.44 bits per heavy atom. The van der Waals surface area contributed by atoms with Crippen LogP contribution in [0, 0.1) is 3.57 Å². The molecule has 0 fully saturated rings. The molecule has 0 spiro atoms. The molecule has 0 aromatic heterocycles. The zero-order valence-corrected chi connectivity index (χ0v) is 12.3. The molecule has 0 heterocycles. The molecule has 2 aromatic rings. The molecule has 0 amide bonds. The molecule has 0 unspecified atom stereocenters. The molecule has 2 rings (SSSR count). The van der Waals surface area contributed by atoms with Gasteiger partial charge in [0, 0.05) is 9.13 Å². The fourth-order valence-corrected chi connectivity index (χ4v) is 2.34. The number of amidine groups is 1. The molecule has 3 nitrogen and oxygen atoms in total. The highest BCUT2D eigenvalue weighted by molar-refractivity contribution is 14.1.